The van der Waals surface area contributed by atoms with Gasteiger partial charge in [0.25, 0.3) is 0 Å². The predicted octanol–water partition coefficient (Wildman–Crippen LogP) is 2.36. The van der Waals surface area contributed by atoms with Gasteiger partial charge >= 0.3 is 12.0 Å². The molecule has 0 saturated carbocycles. The molecule has 1 aliphatic heterocycles. The molecule has 0 fully saturated rings. The van der Waals surface area contributed by atoms with Crippen molar-refractivity contribution in [1.29, 1.82) is 0 Å². The fraction of sp³-hybridized carbons (Fsp3) is 0.567. The molecule has 228 valence electrons. The van der Waals surface area contributed by atoms with Crippen molar-refractivity contribution < 1.29 is 28.7 Å². The summed E-state index contributed by atoms with van der Waals surface area (Å²) in [5.41, 5.74) is 0.981. The maximum absolute atomic E-state index is 13.2. The highest BCUT2D eigenvalue weighted by Gasteiger charge is 2.26. The highest BCUT2D eigenvalue weighted by Crippen LogP contribution is 2.09. The topological polar surface area (TPSA) is 155 Å². The van der Waals surface area contributed by atoms with E-state index in [2.05, 4.69) is 40.4 Å². The number of amides is 5. The maximum Gasteiger partial charge on any atom is 0.328 e. The molecule has 2 rings (SSSR count). The van der Waals surface area contributed by atoms with E-state index in [9.17, 15) is 24.0 Å². The first-order chi connectivity index (χ1) is 19.6. The molecule has 5 N–H and O–H groups in total. The van der Waals surface area contributed by atoms with Crippen molar-refractivity contribution in [1.82, 2.24) is 26.6 Å². The van der Waals surface area contributed by atoms with Crippen molar-refractivity contribution in [3.05, 3.63) is 48.0 Å². The Labute approximate surface area is 243 Å². The molecule has 1 unspecified atom stereocenters. The third-order valence-corrected chi connectivity index (χ3v) is 6.04. The molecule has 0 radical (unpaired) electrons. The van der Waals surface area contributed by atoms with Gasteiger partial charge in [0.1, 0.15) is 12.1 Å². The molecule has 0 saturated heterocycles. The second-order valence-electron chi connectivity index (χ2n) is 10.2. The largest absolute Gasteiger partial charge is 0.467 e. The molecule has 1 aliphatic rings. The zero-order valence-corrected chi connectivity index (χ0v) is 25.0. The van der Waals surface area contributed by atoms with Gasteiger partial charge < -0.3 is 31.3 Å². The number of hydrogen-bond acceptors (Lipinski definition) is 6. The minimum Gasteiger partial charge on any atom is -0.467 e. The molecule has 11 heteroatoms. The lowest BCUT2D eigenvalue weighted by Crippen LogP contribution is -2.53. The molecule has 5 amide bonds. The SMILES string of the molecule is CCC.COC(=O)C(NC(=O)NCC(=O)N[C@H]1CCCCCNC(=O)/C=C/[C@H](Cc2ccccc2)NC1=O)C(C)C. The number of benzene rings is 1. The fourth-order valence-corrected chi connectivity index (χ4v) is 3.93. The monoisotopic (exact) mass is 573 g/mol. The lowest BCUT2D eigenvalue weighted by atomic mass is 10.0. The van der Waals surface area contributed by atoms with Crippen LogP contribution in [0.1, 0.15) is 65.4 Å². The molecule has 11 nitrogen and oxygen atoms in total. The van der Waals surface area contributed by atoms with Gasteiger partial charge in [-0.2, -0.15) is 0 Å². The first kappa shape index (κ1) is 35.1. The molecule has 1 aromatic carbocycles. The number of methoxy groups -OCH3 is 1. The number of carbonyl (C=O) groups excluding carboxylic acids is 5. The molecule has 1 aromatic rings. The van der Waals surface area contributed by atoms with E-state index in [1.165, 1.54) is 19.6 Å². The van der Waals surface area contributed by atoms with Crippen LogP contribution in [0.2, 0.25) is 0 Å². The Morgan fingerprint density at radius 2 is 1.73 bits per heavy atom. The van der Waals surface area contributed by atoms with Crippen molar-refractivity contribution in [2.45, 2.75) is 84.3 Å². The highest BCUT2D eigenvalue weighted by molar-refractivity contribution is 5.91. The number of urea groups is 1. The second kappa shape index (κ2) is 20.1. The first-order valence-corrected chi connectivity index (χ1v) is 14.3. The van der Waals surface area contributed by atoms with Crippen molar-refractivity contribution in [3.63, 3.8) is 0 Å². The Balaban J connectivity index is 0.00000268. The van der Waals surface area contributed by atoms with Gasteiger partial charge in [-0.05, 0) is 30.7 Å². The van der Waals surface area contributed by atoms with Gasteiger partial charge in [0.2, 0.25) is 17.7 Å². The number of carbonyl (C=O) groups is 5. The zero-order valence-electron chi connectivity index (χ0n) is 25.0. The fourth-order valence-electron chi connectivity index (χ4n) is 3.93. The number of ether oxygens (including phenoxy) is 1. The van der Waals surface area contributed by atoms with E-state index in [-0.39, 0.29) is 24.3 Å². The standard InChI is InChI=1S/C27H39N5O6.C3H8/c1-18(2)24(26(36)38-3)32-27(37)29-17-23(34)31-21-12-8-5-9-15-28-22(33)14-13-20(30-25(21)35)16-19-10-6-4-7-11-19;1-3-2/h4,6-7,10-11,13-14,18,20-21,24H,5,8-9,12,15-17H2,1-3H3,(H,28,33)(H,30,35)(H,31,34)(H2,29,32,37);3H2,1-2H3/b14-13+;/t20-,21+,24?;/m1./s1. The van der Waals surface area contributed by atoms with E-state index in [1.807, 2.05) is 30.3 Å². The van der Waals surface area contributed by atoms with Crippen LogP contribution in [0.3, 0.4) is 0 Å². The summed E-state index contributed by atoms with van der Waals surface area (Å²) < 4.78 is 4.70. The summed E-state index contributed by atoms with van der Waals surface area (Å²) in [6.45, 7) is 7.90. The van der Waals surface area contributed by atoms with Gasteiger partial charge in [-0.25, -0.2) is 9.59 Å². The lowest BCUT2D eigenvalue weighted by molar-refractivity contribution is -0.144. The van der Waals surface area contributed by atoms with Crippen LogP contribution in [0.15, 0.2) is 42.5 Å². The molecule has 0 bridgehead atoms. The summed E-state index contributed by atoms with van der Waals surface area (Å²) in [5, 5.41) is 13.4. The van der Waals surface area contributed by atoms with Crippen LogP contribution in [0.5, 0.6) is 0 Å². The third-order valence-electron chi connectivity index (χ3n) is 6.04. The summed E-state index contributed by atoms with van der Waals surface area (Å²) in [4.78, 5) is 62.0. The van der Waals surface area contributed by atoms with Crippen LogP contribution < -0.4 is 26.6 Å². The Kier molecular flexibility index (Phi) is 17.2. The van der Waals surface area contributed by atoms with E-state index < -0.39 is 36.0 Å². The number of esters is 1. The van der Waals surface area contributed by atoms with Gasteiger partial charge in [-0.1, -0.05) is 83.4 Å². The third kappa shape index (κ3) is 14.9. The van der Waals surface area contributed by atoms with Gasteiger partial charge in [0.05, 0.1) is 19.7 Å². The predicted molar refractivity (Wildman–Crippen MR) is 158 cm³/mol. The van der Waals surface area contributed by atoms with E-state index in [0.717, 1.165) is 18.4 Å². The van der Waals surface area contributed by atoms with E-state index >= 15 is 0 Å². The normalized spacial score (nSPS) is 19.3. The molecule has 41 heavy (non-hydrogen) atoms. The van der Waals surface area contributed by atoms with Crippen molar-refractivity contribution in [2.24, 2.45) is 5.92 Å². The van der Waals surface area contributed by atoms with Crippen molar-refractivity contribution >= 4 is 29.7 Å². The minimum absolute atomic E-state index is 0.213. The second-order valence-corrected chi connectivity index (χ2v) is 10.2. The molecular formula is C30H47N5O6. The summed E-state index contributed by atoms with van der Waals surface area (Å²) in [5.74, 6) is -1.95. The first-order valence-electron chi connectivity index (χ1n) is 14.3. The smallest absolute Gasteiger partial charge is 0.328 e. The Bertz CT molecular complexity index is 998. The van der Waals surface area contributed by atoms with Gasteiger partial charge in [-0.3, -0.25) is 14.4 Å². The van der Waals surface area contributed by atoms with Crippen molar-refractivity contribution in [3.8, 4) is 0 Å². The highest BCUT2D eigenvalue weighted by atomic mass is 16.5. The number of nitrogens with one attached hydrogen (secondary N) is 5. The average molecular weight is 574 g/mol. The van der Waals surface area contributed by atoms with Crippen molar-refractivity contribution in [2.75, 3.05) is 20.2 Å². The van der Waals surface area contributed by atoms with E-state index in [0.29, 0.717) is 25.8 Å². The zero-order chi connectivity index (χ0) is 30.6. The van der Waals surface area contributed by atoms with E-state index in [4.69, 9.17) is 4.74 Å². The van der Waals surface area contributed by atoms with Crippen LogP contribution in [0.25, 0.3) is 0 Å². The van der Waals surface area contributed by atoms with E-state index in [1.54, 1.807) is 19.9 Å². The quantitative estimate of drug-likeness (QED) is 0.301. The lowest BCUT2D eigenvalue weighted by Gasteiger charge is -2.23. The van der Waals surface area contributed by atoms with Crippen LogP contribution in [-0.2, 0) is 30.3 Å². The molecule has 0 spiro atoms. The Hall–Kier alpha value is -3.89. The molecule has 0 aliphatic carbocycles. The summed E-state index contributed by atoms with van der Waals surface area (Å²) in [7, 11) is 1.23. The maximum atomic E-state index is 13.2. The number of rotatable bonds is 8. The number of hydrogen-bond donors (Lipinski definition) is 5. The Morgan fingerprint density at radius 3 is 2.37 bits per heavy atom. The molecule has 1 heterocycles. The molecular weight excluding hydrogens is 526 g/mol. The summed E-state index contributed by atoms with van der Waals surface area (Å²) in [6.07, 6.45) is 7.35. The van der Waals surface area contributed by atoms with Crippen LogP contribution in [0, 0.1) is 5.92 Å². The minimum atomic E-state index is -0.861. The Morgan fingerprint density at radius 1 is 1.05 bits per heavy atom. The summed E-state index contributed by atoms with van der Waals surface area (Å²) in [6, 6.07) is 6.71. The van der Waals surface area contributed by atoms with Crippen LogP contribution in [0.4, 0.5) is 4.79 Å². The van der Waals surface area contributed by atoms with Gasteiger partial charge in [0.15, 0.2) is 0 Å². The van der Waals surface area contributed by atoms with Crippen LogP contribution in [-0.4, -0.2) is 68.0 Å². The average Bonchev–Trinajstić information content (AvgIpc) is 2.95. The van der Waals surface area contributed by atoms with Crippen LogP contribution >= 0.6 is 0 Å². The van der Waals surface area contributed by atoms with Gasteiger partial charge in [0, 0.05) is 12.6 Å². The summed E-state index contributed by atoms with van der Waals surface area (Å²) >= 11 is 0. The molecule has 3 atom stereocenters. The molecule has 0 aromatic heterocycles. The van der Waals surface area contributed by atoms with Gasteiger partial charge in [-0.15, -0.1) is 0 Å².